The van der Waals surface area contributed by atoms with E-state index in [2.05, 4.69) is 12.2 Å². The Kier molecular flexibility index (Phi) is 5.29. The lowest BCUT2D eigenvalue weighted by atomic mass is 10.0. The minimum absolute atomic E-state index is 0.00501. The highest BCUT2D eigenvalue weighted by atomic mass is 35.5. The summed E-state index contributed by atoms with van der Waals surface area (Å²) in [5.41, 5.74) is 3.21. The van der Waals surface area contributed by atoms with E-state index < -0.39 is 0 Å². The van der Waals surface area contributed by atoms with E-state index in [1.165, 1.54) is 5.56 Å². The Morgan fingerprint density at radius 1 is 1.33 bits per heavy atom. The molecule has 1 aliphatic rings. The Hall–Kier alpha value is -1.75. The maximum atomic E-state index is 9.71. The lowest BCUT2D eigenvalue weighted by molar-refractivity contribution is 0.238. The van der Waals surface area contributed by atoms with E-state index in [4.69, 9.17) is 21.1 Å². The van der Waals surface area contributed by atoms with Crippen LogP contribution in [0.2, 0.25) is 5.02 Å². The summed E-state index contributed by atoms with van der Waals surface area (Å²) in [6.07, 6.45) is 1.07. The smallest absolute Gasteiger partial charge is 0.127 e. The molecule has 2 aromatic rings. The molecule has 1 aliphatic heterocycles. The van der Waals surface area contributed by atoms with Crippen LogP contribution in [-0.4, -0.2) is 24.9 Å². The lowest BCUT2D eigenvalue weighted by Crippen LogP contribution is -2.24. The molecule has 2 N–H and O–H groups in total. The van der Waals surface area contributed by atoms with Crippen molar-refractivity contribution in [3.05, 3.63) is 58.1 Å². The largest absolute Gasteiger partial charge is 0.497 e. The predicted octanol–water partition coefficient (Wildman–Crippen LogP) is 3.50. The zero-order valence-electron chi connectivity index (χ0n) is 13.9. The van der Waals surface area contributed by atoms with Crippen molar-refractivity contribution in [2.45, 2.75) is 32.0 Å². The van der Waals surface area contributed by atoms with Crippen LogP contribution in [0.1, 0.15) is 29.7 Å². The second-order valence-electron chi connectivity index (χ2n) is 6.07. The predicted molar refractivity (Wildman–Crippen MR) is 94.9 cm³/mol. The Bertz CT molecular complexity index is 703. The van der Waals surface area contributed by atoms with Crippen molar-refractivity contribution in [2.75, 3.05) is 13.7 Å². The molecule has 4 nitrogen and oxygen atoms in total. The number of ether oxygens (including phenoxy) is 2. The third-order valence-corrected chi connectivity index (χ3v) is 4.52. The van der Waals surface area contributed by atoms with Crippen LogP contribution < -0.4 is 14.8 Å². The number of methoxy groups -OCH3 is 1. The minimum Gasteiger partial charge on any atom is -0.497 e. The number of rotatable bonds is 6. The number of halogens is 1. The number of hydrogen-bond donors (Lipinski definition) is 2. The van der Waals surface area contributed by atoms with Gasteiger partial charge in [0.05, 0.1) is 19.8 Å². The number of hydrogen-bond acceptors (Lipinski definition) is 4. The molecule has 2 aromatic carbocycles. The molecule has 0 saturated heterocycles. The number of benzene rings is 2. The standard InChI is InChI=1S/C19H22ClNO3/c1-12-7-14-8-17(23-2)9-15(19(14)24-12)10-21-18(11-22)13-3-5-16(20)6-4-13/h3-6,8-9,12,18,21-22H,7,10-11H2,1-2H3. The first-order valence-corrected chi connectivity index (χ1v) is 8.44. The minimum atomic E-state index is -0.164. The number of fused-ring (bicyclic) bond motifs is 1. The van der Waals surface area contributed by atoms with Gasteiger partial charge in [-0.3, -0.25) is 0 Å². The fraction of sp³-hybridized carbons (Fsp3) is 0.368. The highest BCUT2D eigenvalue weighted by Gasteiger charge is 2.24. The topological polar surface area (TPSA) is 50.7 Å². The zero-order chi connectivity index (χ0) is 17.1. The molecular formula is C19H22ClNO3. The molecule has 0 aromatic heterocycles. The van der Waals surface area contributed by atoms with E-state index in [1.54, 1.807) is 7.11 Å². The SMILES string of the molecule is COc1cc(CNC(CO)c2ccc(Cl)cc2)c2c(c1)CC(C)O2. The van der Waals surface area contributed by atoms with E-state index in [0.717, 1.165) is 29.0 Å². The number of aliphatic hydroxyl groups is 1. The van der Waals surface area contributed by atoms with Crippen LogP contribution in [-0.2, 0) is 13.0 Å². The van der Waals surface area contributed by atoms with E-state index in [9.17, 15) is 5.11 Å². The van der Waals surface area contributed by atoms with Gasteiger partial charge in [-0.2, -0.15) is 0 Å². The fourth-order valence-corrected chi connectivity index (χ4v) is 3.17. The highest BCUT2D eigenvalue weighted by Crippen LogP contribution is 2.36. The molecule has 0 bridgehead atoms. The summed E-state index contributed by atoms with van der Waals surface area (Å²) in [6.45, 7) is 2.65. The molecule has 0 radical (unpaired) electrons. The van der Waals surface area contributed by atoms with Crippen molar-refractivity contribution in [2.24, 2.45) is 0 Å². The average Bonchev–Trinajstić information content (AvgIpc) is 2.96. The van der Waals surface area contributed by atoms with E-state index in [-0.39, 0.29) is 18.8 Å². The molecule has 0 spiro atoms. The van der Waals surface area contributed by atoms with Gasteiger partial charge >= 0.3 is 0 Å². The van der Waals surface area contributed by atoms with Crippen LogP contribution in [0.3, 0.4) is 0 Å². The Balaban J connectivity index is 1.78. The van der Waals surface area contributed by atoms with Crippen molar-refractivity contribution in [1.82, 2.24) is 5.32 Å². The van der Waals surface area contributed by atoms with Crippen molar-refractivity contribution in [3.63, 3.8) is 0 Å². The Labute approximate surface area is 147 Å². The van der Waals surface area contributed by atoms with Gasteiger partial charge in [0, 0.05) is 29.1 Å². The van der Waals surface area contributed by atoms with Crippen molar-refractivity contribution in [1.29, 1.82) is 0 Å². The van der Waals surface area contributed by atoms with Gasteiger partial charge in [-0.1, -0.05) is 23.7 Å². The molecule has 24 heavy (non-hydrogen) atoms. The van der Waals surface area contributed by atoms with E-state index in [0.29, 0.717) is 11.6 Å². The highest BCUT2D eigenvalue weighted by molar-refractivity contribution is 6.30. The summed E-state index contributed by atoms with van der Waals surface area (Å²) in [7, 11) is 1.67. The molecule has 128 valence electrons. The van der Waals surface area contributed by atoms with Crippen molar-refractivity contribution in [3.8, 4) is 11.5 Å². The Morgan fingerprint density at radius 2 is 2.08 bits per heavy atom. The molecule has 0 saturated carbocycles. The molecule has 1 heterocycles. The Morgan fingerprint density at radius 3 is 2.75 bits per heavy atom. The van der Waals surface area contributed by atoms with Crippen LogP contribution in [0.15, 0.2) is 36.4 Å². The van der Waals surface area contributed by atoms with Crippen LogP contribution in [0.4, 0.5) is 0 Å². The second-order valence-corrected chi connectivity index (χ2v) is 6.51. The van der Waals surface area contributed by atoms with Gasteiger partial charge < -0.3 is 19.9 Å². The van der Waals surface area contributed by atoms with Crippen LogP contribution >= 0.6 is 11.6 Å². The fourth-order valence-electron chi connectivity index (χ4n) is 3.04. The monoisotopic (exact) mass is 347 g/mol. The summed E-state index contributed by atoms with van der Waals surface area (Å²) < 4.78 is 11.3. The van der Waals surface area contributed by atoms with Crippen LogP contribution in [0.5, 0.6) is 11.5 Å². The summed E-state index contributed by atoms with van der Waals surface area (Å²) in [4.78, 5) is 0. The third-order valence-electron chi connectivity index (χ3n) is 4.27. The van der Waals surface area contributed by atoms with Gasteiger partial charge in [0.2, 0.25) is 0 Å². The van der Waals surface area contributed by atoms with Gasteiger partial charge in [0.25, 0.3) is 0 Å². The molecular weight excluding hydrogens is 326 g/mol. The summed E-state index contributed by atoms with van der Waals surface area (Å²) in [5, 5.41) is 13.8. The van der Waals surface area contributed by atoms with E-state index >= 15 is 0 Å². The van der Waals surface area contributed by atoms with E-state index in [1.807, 2.05) is 36.4 Å². The molecule has 5 heteroatoms. The second kappa shape index (κ2) is 7.43. The number of nitrogens with one attached hydrogen (secondary N) is 1. The molecule has 0 amide bonds. The van der Waals surface area contributed by atoms with Gasteiger partial charge in [-0.15, -0.1) is 0 Å². The quantitative estimate of drug-likeness (QED) is 0.839. The molecule has 3 rings (SSSR count). The molecule has 0 aliphatic carbocycles. The summed E-state index contributed by atoms with van der Waals surface area (Å²) in [6, 6.07) is 11.4. The van der Waals surface area contributed by atoms with Gasteiger partial charge in [0.15, 0.2) is 0 Å². The first kappa shape index (κ1) is 17.1. The van der Waals surface area contributed by atoms with Gasteiger partial charge in [-0.25, -0.2) is 0 Å². The normalized spacial score (nSPS) is 17.2. The third kappa shape index (κ3) is 3.66. The summed E-state index contributed by atoms with van der Waals surface area (Å²) >= 11 is 5.93. The number of aliphatic hydroxyl groups excluding tert-OH is 1. The summed E-state index contributed by atoms with van der Waals surface area (Å²) in [5.74, 6) is 1.76. The molecule has 2 atom stereocenters. The first-order chi connectivity index (χ1) is 11.6. The average molecular weight is 348 g/mol. The van der Waals surface area contributed by atoms with Gasteiger partial charge in [-0.05, 0) is 36.8 Å². The molecule has 0 fully saturated rings. The molecule has 2 unspecified atom stereocenters. The maximum absolute atomic E-state index is 9.71. The van der Waals surface area contributed by atoms with Crippen LogP contribution in [0.25, 0.3) is 0 Å². The van der Waals surface area contributed by atoms with Gasteiger partial charge in [0.1, 0.15) is 17.6 Å². The first-order valence-electron chi connectivity index (χ1n) is 8.07. The van der Waals surface area contributed by atoms with Crippen LogP contribution in [0, 0.1) is 0 Å². The van der Waals surface area contributed by atoms with Crippen molar-refractivity contribution < 1.29 is 14.6 Å². The lowest BCUT2D eigenvalue weighted by Gasteiger charge is -2.18. The zero-order valence-corrected chi connectivity index (χ0v) is 14.6. The maximum Gasteiger partial charge on any atom is 0.127 e. The van der Waals surface area contributed by atoms with Crippen molar-refractivity contribution >= 4 is 11.6 Å².